The minimum Gasteiger partial charge on any atom is -0.480 e. The highest BCUT2D eigenvalue weighted by Gasteiger charge is 2.37. The molecule has 1 heterocycles. The smallest absolute Gasteiger partial charge is 0.326 e. The molecule has 0 aromatic heterocycles. The Hall–Kier alpha value is -2.34. The number of nitrogens with two attached hydrogens (primary N) is 2. The Morgan fingerprint density at radius 1 is 1.16 bits per heavy atom. The van der Waals surface area contributed by atoms with E-state index >= 15 is 0 Å². The van der Waals surface area contributed by atoms with Crippen LogP contribution in [0.25, 0.3) is 0 Å². The van der Waals surface area contributed by atoms with E-state index in [1.807, 2.05) is 13.8 Å². The molecule has 1 rings (SSSR count). The summed E-state index contributed by atoms with van der Waals surface area (Å²) >= 11 is 4.09. The maximum atomic E-state index is 12.8. The van der Waals surface area contributed by atoms with Crippen molar-refractivity contribution in [1.82, 2.24) is 15.5 Å². The van der Waals surface area contributed by atoms with E-state index in [1.54, 1.807) is 0 Å². The van der Waals surface area contributed by atoms with Gasteiger partial charge in [0.1, 0.15) is 18.1 Å². The fourth-order valence-corrected chi connectivity index (χ4v) is 3.62. The third-order valence-electron chi connectivity index (χ3n) is 4.99. The van der Waals surface area contributed by atoms with Gasteiger partial charge in [-0.1, -0.05) is 13.8 Å². The molecule has 1 fully saturated rings. The van der Waals surface area contributed by atoms with Crippen LogP contribution in [-0.2, 0) is 24.0 Å². The lowest BCUT2D eigenvalue weighted by Gasteiger charge is -2.28. The fraction of sp³-hybridized carbons (Fsp3) is 0.737. The highest BCUT2D eigenvalue weighted by Crippen LogP contribution is 2.19. The minimum absolute atomic E-state index is 0.0410. The number of hydrogen-bond donors (Lipinski definition) is 6. The van der Waals surface area contributed by atoms with Crippen molar-refractivity contribution in [2.45, 2.75) is 70.1 Å². The Morgan fingerprint density at radius 3 is 2.32 bits per heavy atom. The lowest BCUT2D eigenvalue weighted by molar-refractivity contribution is -0.143. The first kappa shape index (κ1) is 26.7. The number of nitrogens with one attached hydrogen (secondary N) is 2. The zero-order chi connectivity index (χ0) is 23.7. The summed E-state index contributed by atoms with van der Waals surface area (Å²) in [6.07, 6.45) is 1.25. The van der Waals surface area contributed by atoms with Crippen molar-refractivity contribution in [2.24, 2.45) is 17.4 Å². The molecule has 176 valence electrons. The highest BCUT2D eigenvalue weighted by atomic mass is 32.1. The lowest BCUT2D eigenvalue weighted by Crippen LogP contribution is -2.57. The van der Waals surface area contributed by atoms with Gasteiger partial charge in [0.05, 0.1) is 6.04 Å². The number of nitrogens with zero attached hydrogens (tertiary/aromatic N) is 1. The molecule has 12 heteroatoms. The quantitative estimate of drug-likeness (QED) is 0.194. The number of aliphatic carboxylic acids is 1. The van der Waals surface area contributed by atoms with Crippen molar-refractivity contribution in [3.63, 3.8) is 0 Å². The molecular formula is C19H33N5O6S. The summed E-state index contributed by atoms with van der Waals surface area (Å²) in [5, 5.41) is 14.3. The number of thiol groups is 1. The molecule has 4 unspecified atom stereocenters. The minimum atomic E-state index is -1.16. The monoisotopic (exact) mass is 459 g/mol. The van der Waals surface area contributed by atoms with Crippen LogP contribution < -0.4 is 22.1 Å². The van der Waals surface area contributed by atoms with Gasteiger partial charge in [0.2, 0.25) is 23.6 Å². The Labute approximate surface area is 187 Å². The molecular weight excluding hydrogens is 426 g/mol. The number of carboxylic acids is 1. The van der Waals surface area contributed by atoms with Gasteiger partial charge in [-0.3, -0.25) is 19.2 Å². The van der Waals surface area contributed by atoms with E-state index in [0.29, 0.717) is 19.4 Å². The standard InChI is InChI=1S/C19H33N5O6S/c1-10(2)8-12(19(29)30)22-16(26)13(9-31)23-17(27)14-4-3-7-24(14)18(28)11(20)5-6-15(21)25/h10-14,31H,3-9,20H2,1-2H3,(H2,21,25)(H,22,26)(H,23,27)(H,29,30). The van der Waals surface area contributed by atoms with Crippen molar-refractivity contribution in [2.75, 3.05) is 12.3 Å². The molecule has 1 aliphatic rings. The average Bonchev–Trinajstić information content (AvgIpc) is 3.18. The number of hydrogen-bond acceptors (Lipinski definition) is 7. The summed E-state index contributed by atoms with van der Waals surface area (Å²) in [5.74, 6) is -3.41. The van der Waals surface area contributed by atoms with Gasteiger partial charge in [-0.15, -0.1) is 0 Å². The molecule has 31 heavy (non-hydrogen) atoms. The molecule has 0 aromatic carbocycles. The van der Waals surface area contributed by atoms with Crippen LogP contribution in [0.2, 0.25) is 0 Å². The second kappa shape index (κ2) is 12.5. The maximum Gasteiger partial charge on any atom is 0.326 e. The van der Waals surface area contributed by atoms with Gasteiger partial charge in [-0.05, 0) is 31.6 Å². The van der Waals surface area contributed by atoms with Crippen LogP contribution in [0.15, 0.2) is 0 Å². The van der Waals surface area contributed by atoms with Crippen LogP contribution in [0.5, 0.6) is 0 Å². The van der Waals surface area contributed by atoms with Crippen LogP contribution in [0.3, 0.4) is 0 Å². The first-order chi connectivity index (χ1) is 14.5. The van der Waals surface area contributed by atoms with Gasteiger partial charge in [0.15, 0.2) is 0 Å². The highest BCUT2D eigenvalue weighted by molar-refractivity contribution is 7.80. The number of carbonyl (C=O) groups is 5. The zero-order valence-corrected chi connectivity index (χ0v) is 18.8. The van der Waals surface area contributed by atoms with E-state index in [9.17, 15) is 29.1 Å². The Kier molecular flexibility index (Phi) is 10.8. The summed E-state index contributed by atoms with van der Waals surface area (Å²) in [5.41, 5.74) is 10.9. The van der Waals surface area contributed by atoms with Crippen molar-refractivity contribution >= 4 is 42.2 Å². The van der Waals surface area contributed by atoms with E-state index in [1.165, 1.54) is 4.90 Å². The Bertz CT molecular complexity index is 689. The second-order valence-corrected chi connectivity index (χ2v) is 8.44. The zero-order valence-electron chi connectivity index (χ0n) is 17.9. The largest absolute Gasteiger partial charge is 0.480 e. The van der Waals surface area contributed by atoms with E-state index < -0.39 is 53.8 Å². The molecule has 0 aromatic rings. The van der Waals surface area contributed by atoms with Gasteiger partial charge >= 0.3 is 5.97 Å². The summed E-state index contributed by atoms with van der Waals surface area (Å²) < 4.78 is 0. The van der Waals surface area contributed by atoms with Crippen molar-refractivity contribution < 1.29 is 29.1 Å². The molecule has 0 aliphatic carbocycles. The third kappa shape index (κ3) is 8.37. The first-order valence-corrected chi connectivity index (χ1v) is 10.9. The molecule has 4 atom stereocenters. The molecule has 0 bridgehead atoms. The topological polar surface area (TPSA) is 185 Å². The van der Waals surface area contributed by atoms with Crippen LogP contribution >= 0.6 is 12.6 Å². The number of carbonyl (C=O) groups excluding carboxylic acids is 4. The van der Waals surface area contributed by atoms with Crippen LogP contribution in [-0.4, -0.2) is 76.1 Å². The normalized spacial score (nSPS) is 18.9. The third-order valence-corrected chi connectivity index (χ3v) is 5.36. The molecule has 1 aliphatic heterocycles. The predicted molar refractivity (Wildman–Crippen MR) is 116 cm³/mol. The SMILES string of the molecule is CC(C)CC(NC(=O)C(CS)NC(=O)C1CCCN1C(=O)C(N)CCC(N)=O)C(=O)O. The van der Waals surface area contributed by atoms with Gasteiger partial charge in [-0.2, -0.15) is 12.6 Å². The van der Waals surface area contributed by atoms with E-state index in [-0.39, 0.29) is 30.9 Å². The summed E-state index contributed by atoms with van der Waals surface area (Å²) in [6, 6.07) is -3.92. The van der Waals surface area contributed by atoms with Gasteiger partial charge in [-0.25, -0.2) is 4.79 Å². The maximum absolute atomic E-state index is 12.8. The van der Waals surface area contributed by atoms with Crippen molar-refractivity contribution in [3.8, 4) is 0 Å². The fourth-order valence-electron chi connectivity index (χ4n) is 3.36. The van der Waals surface area contributed by atoms with Crippen LogP contribution in [0, 0.1) is 5.92 Å². The van der Waals surface area contributed by atoms with Gasteiger partial charge < -0.3 is 32.1 Å². The molecule has 7 N–H and O–H groups in total. The molecule has 0 spiro atoms. The number of carboxylic acid groups (broad SMARTS) is 1. The number of likely N-dealkylation sites (tertiary alicyclic amines) is 1. The van der Waals surface area contributed by atoms with Crippen molar-refractivity contribution in [3.05, 3.63) is 0 Å². The van der Waals surface area contributed by atoms with Gasteiger partial charge in [0, 0.05) is 18.7 Å². The summed E-state index contributed by atoms with van der Waals surface area (Å²) in [4.78, 5) is 61.5. The summed E-state index contributed by atoms with van der Waals surface area (Å²) in [7, 11) is 0. The predicted octanol–water partition coefficient (Wildman–Crippen LogP) is -1.40. The lowest BCUT2D eigenvalue weighted by atomic mass is 10.0. The number of amides is 4. The van der Waals surface area contributed by atoms with E-state index in [2.05, 4.69) is 23.3 Å². The summed E-state index contributed by atoms with van der Waals surface area (Å²) in [6.45, 7) is 3.99. The van der Waals surface area contributed by atoms with E-state index in [0.717, 1.165) is 0 Å². The van der Waals surface area contributed by atoms with Crippen LogP contribution in [0.1, 0.15) is 46.0 Å². The van der Waals surface area contributed by atoms with Crippen molar-refractivity contribution in [1.29, 1.82) is 0 Å². The Morgan fingerprint density at radius 2 is 1.81 bits per heavy atom. The van der Waals surface area contributed by atoms with Gasteiger partial charge in [0.25, 0.3) is 0 Å². The Balaban J connectivity index is 2.77. The molecule has 0 radical (unpaired) electrons. The molecule has 1 saturated heterocycles. The molecule has 11 nitrogen and oxygen atoms in total. The van der Waals surface area contributed by atoms with E-state index in [4.69, 9.17) is 11.5 Å². The first-order valence-electron chi connectivity index (χ1n) is 10.3. The number of rotatable bonds is 12. The molecule has 0 saturated carbocycles. The second-order valence-electron chi connectivity index (χ2n) is 8.07. The number of primary amides is 1. The average molecular weight is 460 g/mol. The molecule has 4 amide bonds. The van der Waals surface area contributed by atoms with Crippen LogP contribution in [0.4, 0.5) is 0 Å².